The number of rotatable bonds is 3. The largest absolute Gasteiger partial charge is 0.489 e. The summed E-state index contributed by atoms with van der Waals surface area (Å²) in [5.41, 5.74) is 1.06. The molecule has 0 bridgehead atoms. The molecule has 9 heteroatoms. The Morgan fingerprint density at radius 1 is 0.842 bits per heavy atom. The number of carbonyl (C=O) groups is 1. The van der Waals surface area contributed by atoms with Crippen molar-refractivity contribution in [2.45, 2.75) is 6.61 Å². The molecule has 3 aromatic heterocycles. The number of aromatic nitrogens is 2. The summed E-state index contributed by atoms with van der Waals surface area (Å²) in [4.78, 5) is 39.3. The van der Waals surface area contributed by atoms with Crippen LogP contribution in [-0.2, 0) is 13.7 Å². The van der Waals surface area contributed by atoms with Crippen molar-refractivity contribution in [3.63, 3.8) is 0 Å². The molecular formula is C29H18N2O7. The van der Waals surface area contributed by atoms with Crippen molar-refractivity contribution in [1.29, 1.82) is 0 Å². The first kappa shape index (κ1) is 21.9. The molecule has 9 nitrogen and oxygen atoms in total. The molecule has 7 aromatic rings. The highest BCUT2D eigenvalue weighted by atomic mass is 16.5. The van der Waals surface area contributed by atoms with E-state index in [2.05, 4.69) is 0 Å². The molecule has 3 heterocycles. The van der Waals surface area contributed by atoms with Crippen molar-refractivity contribution in [3.05, 3.63) is 99.1 Å². The molecule has 0 amide bonds. The van der Waals surface area contributed by atoms with Crippen LogP contribution < -0.4 is 15.9 Å². The number of para-hydroxylation sites is 2. The van der Waals surface area contributed by atoms with Gasteiger partial charge in [0.05, 0.1) is 10.9 Å². The van der Waals surface area contributed by atoms with E-state index in [1.165, 1.54) is 7.05 Å². The average molecular weight is 506 g/mol. The van der Waals surface area contributed by atoms with Gasteiger partial charge in [-0.2, -0.15) is 0 Å². The molecule has 186 valence electrons. The first-order valence-electron chi connectivity index (χ1n) is 11.8. The Morgan fingerprint density at radius 2 is 1.50 bits per heavy atom. The molecular weight excluding hydrogens is 488 g/mol. The molecule has 4 aromatic carbocycles. The zero-order chi connectivity index (χ0) is 26.1. The van der Waals surface area contributed by atoms with Crippen LogP contribution in [0.1, 0.15) is 5.56 Å². The van der Waals surface area contributed by atoms with Crippen molar-refractivity contribution in [2.75, 3.05) is 0 Å². The van der Waals surface area contributed by atoms with E-state index < -0.39 is 17.2 Å². The SMILES string of the molecule is Cn1c(=O)c2c3oc4ccccc4oc3c3c(c4cc(OCc5ccccc5)ccc4n3C(=O)O)c2c1=O. The fourth-order valence-electron chi connectivity index (χ4n) is 5.10. The summed E-state index contributed by atoms with van der Waals surface area (Å²) in [6.45, 7) is 0.297. The Morgan fingerprint density at radius 3 is 2.21 bits per heavy atom. The van der Waals surface area contributed by atoms with Crippen molar-refractivity contribution < 1.29 is 23.5 Å². The summed E-state index contributed by atoms with van der Waals surface area (Å²) in [6, 6.07) is 21.4. The molecule has 0 fully saturated rings. The van der Waals surface area contributed by atoms with Gasteiger partial charge in [0.15, 0.2) is 22.3 Å². The molecule has 0 spiro atoms. The lowest BCUT2D eigenvalue weighted by Gasteiger charge is -2.07. The third-order valence-corrected chi connectivity index (χ3v) is 6.84. The Kier molecular flexibility index (Phi) is 4.53. The maximum atomic E-state index is 13.4. The maximum absolute atomic E-state index is 13.4. The Balaban J connectivity index is 1.65. The van der Waals surface area contributed by atoms with Crippen molar-refractivity contribution in [2.24, 2.45) is 7.05 Å². The van der Waals surface area contributed by atoms with E-state index in [-0.39, 0.29) is 32.8 Å². The number of hydrogen-bond acceptors (Lipinski definition) is 6. The summed E-state index contributed by atoms with van der Waals surface area (Å²) in [5, 5.41) is 11.1. The summed E-state index contributed by atoms with van der Waals surface area (Å²) < 4.78 is 20.3. The minimum atomic E-state index is -1.28. The minimum Gasteiger partial charge on any atom is -0.489 e. The van der Waals surface area contributed by atoms with Crippen molar-refractivity contribution in [1.82, 2.24) is 9.13 Å². The van der Waals surface area contributed by atoms with E-state index >= 15 is 0 Å². The van der Waals surface area contributed by atoms with Crippen LogP contribution in [0.4, 0.5) is 4.79 Å². The Hall–Kier alpha value is -5.31. The predicted octanol–water partition coefficient (Wildman–Crippen LogP) is 5.60. The zero-order valence-electron chi connectivity index (χ0n) is 19.9. The summed E-state index contributed by atoms with van der Waals surface area (Å²) in [7, 11) is 1.38. The monoisotopic (exact) mass is 506 g/mol. The van der Waals surface area contributed by atoms with E-state index in [0.717, 1.165) is 14.7 Å². The molecule has 0 unspecified atom stereocenters. The molecule has 0 saturated carbocycles. The molecule has 0 radical (unpaired) electrons. The van der Waals surface area contributed by atoms with Crippen LogP contribution in [0, 0.1) is 0 Å². The highest BCUT2D eigenvalue weighted by Crippen LogP contribution is 2.41. The molecule has 0 aliphatic heterocycles. The van der Waals surface area contributed by atoms with Crippen LogP contribution in [0.2, 0.25) is 0 Å². The lowest BCUT2D eigenvalue weighted by molar-refractivity contribution is 0.198. The Labute approximate surface area is 212 Å². The summed E-state index contributed by atoms with van der Waals surface area (Å²) in [6.07, 6.45) is -1.28. The highest BCUT2D eigenvalue weighted by molar-refractivity contribution is 6.31. The molecule has 38 heavy (non-hydrogen) atoms. The first-order valence-corrected chi connectivity index (χ1v) is 11.8. The standard InChI is InChI=1S/C29H18N2O7/c1-30-27(32)22-21-17-13-16(36-14-15-7-3-2-4-8-15)11-12-18(17)31(29(34)35)24(21)26-25(23(22)28(30)33)37-19-9-5-6-10-20(19)38-26/h2-13H,14H2,1H3,(H,34,35). The van der Waals surface area contributed by atoms with Crippen LogP contribution in [-0.4, -0.2) is 20.3 Å². The maximum Gasteiger partial charge on any atom is 0.416 e. The fourth-order valence-corrected chi connectivity index (χ4v) is 5.10. The van der Waals surface area contributed by atoms with E-state index in [1.54, 1.807) is 42.5 Å². The molecule has 0 aliphatic carbocycles. The second-order valence-corrected chi connectivity index (χ2v) is 9.02. The van der Waals surface area contributed by atoms with E-state index in [9.17, 15) is 19.5 Å². The van der Waals surface area contributed by atoms with Crippen LogP contribution in [0.25, 0.3) is 54.9 Å². The van der Waals surface area contributed by atoms with Gasteiger partial charge in [0.2, 0.25) is 0 Å². The van der Waals surface area contributed by atoms with E-state index in [1.807, 2.05) is 30.3 Å². The van der Waals surface area contributed by atoms with Gasteiger partial charge in [0, 0.05) is 17.8 Å². The third kappa shape index (κ3) is 2.95. The first-order chi connectivity index (χ1) is 18.4. The van der Waals surface area contributed by atoms with Crippen LogP contribution in [0.15, 0.2) is 91.2 Å². The highest BCUT2D eigenvalue weighted by Gasteiger charge is 2.28. The van der Waals surface area contributed by atoms with Gasteiger partial charge in [0.25, 0.3) is 11.1 Å². The quantitative estimate of drug-likeness (QED) is 0.310. The van der Waals surface area contributed by atoms with Crippen LogP contribution >= 0.6 is 0 Å². The number of benzene rings is 4. The smallest absolute Gasteiger partial charge is 0.416 e. The van der Waals surface area contributed by atoms with Gasteiger partial charge in [-0.25, -0.2) is 9.36 Å². The van der Waals surface area contributed by atoms with Crippen molar-refractivity contribution >= 4 is 61.0 Å². The second-order valence-electron chi connectivity index (χ2n) is 9.02. The van der Waals surface area contributed by atoms with Gasteiger partial charge < -0.3 is 18.7 Å². The minimum absolute atomic E-state index is 0.0137. The number of hydrogen-bond donors (Lipinski definition) is 1. The van der Waals surface area contributed by atoms with Gasteiger partial charge in [-0.05, 0) is 35.9 Å². The number of nitrogens with zero attached hydrogens (tertiary/aromatic N) is 2. The van der Waals surface area contributed by atoms with Crippen LogP contribution in [0.3, 0.4) is 0 Å². The van der Waals surface area contributed by atoms with E-state index in [4.69, 9.17) is 13.6 Å². The molecule has 0 aliphatic rings. The lowest BCUT2D eigenvalue weighted by atomic mass is 10.1. The van der Waals surface area contributed by atoms with Crippen LogP contribution in [0.5, 0.6) is 5.75 Å². The lowest BCUT2D eigenvalue weighted by Crippen LogP contribution is -2.21. The van der Waals surface area contributed by atoms with Gasteiger partial charge in [0.1, 0.15) is 23.3 Å². The van der Waals surface area contributed by atoms with Crippen molar-refractivity contribution in [3.8, 4) is 5.75 Å². The Bertz CT molecular complexity index is 2220. The number of ether oxygens (including phenoxy) is 1. The third-order valence-electron chi connectivity index (χ3n) is 6.84. The second kappa shape index (κ2) is 7.84. The number of fused-ring (bicyclic) bond motifs is 9. The molecule has 1 N–H and O–H groups in total. The summed E-state index contributed by atoms with van der Waals surface area (Å²) >= 11 is 0. The number of carboxylic acid groups (broad SMARTS) is 1. The van der Waals surface area contributed by atoms with E-state index in [0.29, 0.717) is 34.4 Å². The topological polar surface area (TPSA) is 117 Å². The fraction of sp³-hybridized carbons (Fsp3) is 0.0690. The van der Waals surface area contributed by atoms with Gasteiger partial charge in [-0.1, -0.05) is 42.5 Å². The molecule has 0 atom stereocenters. The van der Waals surface area contributed by atoms with Gasteiger partial charge in [-0.3, -0.25) is 14.2 Å². The normalized spacial score (nSPS) is 11.8. The molecule has 7 rings (SSSR count). The van der Waals surface area contributed by atoms with Gasteiger partial charge >= 0.3 is 6.09 Å². The average Bonchev–Trinajstić information content (AvgIpc) is 3.39. The molecule has 0 saturated heterocycles. The summed E-state index contributed by atoms with van der Waals surface area (Å²) in [5.74, 6) is 0.477. The zero-order valence-corrected chi connectivity index (χ0v) is 19.9. The van der Waals surface area contributed by atoms with Gasteiger partial charge in [-0.15, -0.1) is 0 Å². The predicted molar refractivity (Wildman–Crippen MR) is 142 cm³/mol.